The van der Waals surface area contributed by atoms with E-state index in [2.05, 4.69) is 45.9 Å². The van der Waals surface area contributed by atoms with E-state index in [1.807, 2.05) is 0 Å². The summed E-state index contributed by atoms with van der Waals surface area (Å²) in [6, 6.07) is 6.35. The van der Waals surface area contributed by atoms with Gasteiger partial charge >= 0.3 is 0 Å². The number of rotatable bonds is 4. The van der Waals surface area contributed by atoms with Gasteiger partial charge in [0, 0.05) is 12.1 Å². The van der Waals surface area contributed by atoms with Crippen molar-refractivity contribution in [2.45, 2.75) is 59.6 Å². The molecule has 112 valence electrons. The molecule has 1 aromatic rings. The van der Waals surface area contributed by atoms with Gasteiger partial charge in [-0.05, 0) is 43.6 Å². The zero-order chi connectivity index (χ0) is 14.7. The maximum absolute atomic E-state index is 6.40. The Hall–Kier alpha value is -1.02. The van der Waals surface area contributed by atoms with E-state index >= 15 is 0 Å². The lowest BCUT2D eigenvalue weighted by Gasteiger charge is -2.37. The van der Waals surface area contributed by atoms with Crippen LogP contribution in [0.2, 0.25) is 0 Å². The molecule has 2 heteroatoms. The van der Waals surface area contributed by atoms with Crippen LogP contribution in [-0.4, -0.2) is 6.10 Å². The van der Waals surface area contributed by atoms with Crippen LogP contribution < -0.4 is 10.5 Å². The lowest BCUT2D eigenvalue weighted by Crippen LogP contribution is -2.36. The van der Waals surface area contributed by atoms with E-state index in [0.717, 1.165) is 17.2 Å². The molecule has 20 heavy (non-hydrogen) atoms. The van der Waals surface area contributed by atoms with E-state index in [1.165, 1.54) is 24.8 Å². The summed E-state index contributed by atoms with van der Waals surface area (Å²) in [7, 11) is 0. The third kappa shape index (κ3) is 3.54. The Balaban J connectivity index is 2.17. The summed E-state index contributed by atoms with van der Waals surface area (Å²) < 4.78 is 6.40. The topological polar surface area (TPSA) is 35.2 Å². The third-order valence-corrected chi connectivity index (χ3v) is 4.68. The quantitative estimate of drug-likeness (QED) is 0.889. The first-order valence-corrected chi connectivity index (χ1v) is 7.97. The molecule has 1 aliphatic carbocycles. The minimum atomic E-state index is 0.340. The number of nitrogens with two attached hydrogens (primary N) is 1. The maximum atomic E-state index is 6.40. The van der Waals surface area contributed by atoms with Crippen molar-refractivity contribution in [3.63, 3.8) is 0 Å². The fraction of sp³-hybridized carbons (Fsp3) is 0.667. The van der Waals surface area contributed by atoms with Crippen LogP contribution in [0.4, 0.5) is 0 Å². The molecule has 1 aromatic carbocycles. The molecule has 0 heterocycles. The summed E-state index contributed by atoms with van der Waals surface area (Å²) in [6.07, 6.45) is 4.13. The predicted molar refractivity (Wildman–Crippen MR) is 84.8 cm³/mol. The highest BCUT2D eigenvalue weighted by atomic mass is 16.5. The average Bonchev–Trinajstić information content (AvgIpc) is 2.40. The van der Waals surface area contributed by atoms with Gasteiger partial charge in [-0.2, -0.15) is 0 Å². The van der Waals surface area contributed by atoms with Crippen LogP contribution in [-0.2, 0) is 6.54 Å². The van der Waals surface area contributed by atoms with Crippen LogP contribution in [0.3, 0.4) is 0 Å². The summed E-state index contributed by atoms with van der Waals surface area (Å²) in [5.74, 6) is 3.10. The SMILES string of the molecule is Cc1ccc(OC2CC(C)CCC2C(C)C)c(CN)c1. The molecule has 3 unspecified atom stereocenters. The monoisotopic (exact) mass is 275 g/mol. The molecule has 2 rings (SSSR count). The van der Waals surface area contributed by atoms with Gasteiger partial charge in [0.2, 0.25) is 0 Å². The molecule has 0 amide bonds. The van der Waals surface area contributed by atoms with Gasteiger partial charge in [-0.15, -0.1) is 0 Å². The number of aryl methyl sites for hydroxylation is 1. The van der Waals surface area contributed by atoms with Gasteiger partial charge in [0.25, 0.3) is 0 Å². The number of hydrogen-bond donors (Lipinski definition) is 1. The van der Waals surface area contributed by atoms with Crippen molar-refractivity contribution in [2.24, 2.45) is 23.5 Å². The molecule has 1 fully saturated rings. The second kappa shape index (κ2) is 6.62. The molecular formula is C18H29NO. The van der Waals surface area contributed by atoms with Crippen molar-refractivity contribution in [1.29, 1.82) is 0 Å². The van der Waals surface area contributed by atoms with E-state index < -0.39 is 0 Å². The molecule has 0 spiro atoms. The molecule has 0 radical (unpaired) electrons. The highest BCUT2D eigenvalue weighted by Crippen LogP contribution is 2.36. The first kappa shape index (κ1) is 15.4. The number of ether oxygens (including phenoxy) is 1. The smallest absolute Gasteiger partial charge is 0.124 e. The normalized spacial score (nSPS) is 26.8. The van der Waals surface area contributed by atoms with E-state index in [4.69, 9.17) is 10.5 Å². The molecule has 3 atom stereocenters. The van der Waals surface area contributed by atoms with Gasteiger partial charge in [0.15, 0.2) is 0 Å². The van der Waals surface area contributed by atoms with Crippen LogP contribution in [0, 0.1) is 24.7 Å². The fourth-order valence-electron chi connectivity index (χ4n) is 3.40. The Labute approximate surface area is 123 Å². The van der Waals surface area contributed by atoms with Crippen molar-refractivity contribution in [3.8, 4) is 5.75 Å². The molecule has 0 aliphatic heterocycles. The van der Waals surface area contributed by atoms with Crippen LogP contribution in [0.25, 0.3) is 0 Å². The Morgan fingerprint density at radius 2 is 2.05 bits per heavy atom. The van der Waals surface area contributed by atoms with E-state index in [-0.39, 0.29) is 0 Å². The van der Waals surface area contributed by atoms with Crippen molar-refractivity contribution >= 4 is 0 Å². The summed E-state index contributed by atoms with van der Waals surface area (Å²) in [6.45, 7) is 9.62. The van der Waals surface area contributed by atoms with Crippen molar-refractivity contribution in [2.75, 3.05) is 0 Å². The Bertz CT molecular complexity index is 441. The minimum absolute atomic E-state index is 0.340. The maximum Gasteiger partial charge on any atom is 0.124 e. The number of benzene rings is 1. The Morgan fingerprint density at radius 1 is 1.30 bits per heavy atom. The van der Waals surface area contributed by atoms with E-state index in [9.17, 15) is 0 Å². The summed E-state index contributed by atoms with van der Waals surface area (Å²) in [4.78, 5) is 0. The highest BCUT2D eigenvalue weighted by molar-refractivity contribution is 5.37. The van der Waals surface area contributed by atoms with Crippen molar-refractivity contribution < 1.29 is 4.74 Å². The standard InChI is InChI=1S/C18H29NO/c1-12(2)16-7-5-14(4)10-18(16)20-17-8-6-13(3)9-15(17)11-19/h6,8-9,12,14,16,18H,5,7,10-11,19H2,1-4H3. The van der Waals surface area contributed by atoms with E-state index in [0.29, 0.717) is 24.5 Å². The first-order valence-electron chi connectivity index (χ1n) is 7.97. The van der Waals surface area contributed by atoms with Crippen LogP contribution in [0.1, 0.15) is 51.2 Å². The van der Waals surface area contributed by atoms with Crippen LogP contribution in [0.15, 0.2) is 18.2 Å². The zero-order valence-corrected chi connectivity index (χ0v) is 13.4. The summed E-state index contributed by atoms with van der Waals surface area (Å²) in [5.41, 5.74) is 8.24. The Kier molecular flexibility index (Phi) is 5.09. The summed E-state index contributed by atoms with van der Waals surface area (Å²) >= 11 is 0. The van der Waals surface area contributed by atoms with Gasteiger partial charge in [-0.25, -0.2) is 0 Å². The van der Waals surface area contributed by atoms with Gasteiger partial charge in [0.1, 0.15) is 11.9 Å². The second-order valence-corrected chi connectivity index (χ2v) is 6.80. The fourth-order valence-corrected chi connectivity index (χ4v) is 3.40. The van der Waals surface area contributed by atoms with Crippen LogP contribution >= 0.6 is 0 Å². The molecule has 0 saturated heterocycles. The molecule has 0 bridgehead atoms. The first-order chi connectivity index (χ1) is 9.51. The molecular weight excluding hydrogens is 246 g/mol. The highest BCUT2D eigenvalue weighted by Gasteiger charge is 2.32. The Morgan fingerprint density at radius 3 is 2.70 bits per heavy atom. The van der Waals surface area contributed by atoms with Gasteiger partial charge < -0.3 is 10.5 Å². The van der Waals surface area contributed by atoms with Crippen molar-refractivity contribution in [3.05, 3.63) is 29.3 Å². The molecule has 1 saturated carbocycles. The third-order valence-electron chi connectivity index (χ3n) is 4.68. The van der Waals surface area contributed by atoms with Gasteiger partial charge in [-0.3, -0.25) is 0 Å². The predicted octanol–water partition coefficient (Wildman–Crippen LogP) is 4.29. The molecule has 1 aliphatic rings. The zero-order valence-electron chi connectivity index (χ0n) is 13.4. The lowest BCUT2D eigenvalue weighted by atomic mass is 9.75. The minimum Gasteiger partial charge on any atom is -0.490 e. The van der Waals surface area contributed by atoms with E-state index in [1.54, 1.807) is 0 Å². The molecule has 2 N–H and O–H groups in total. The number of hydrogen-bond acceptors (Lipinski definition) is 2. The molecule has 2 nitrogen and oxygen atoms in total. The largest absolute Gasteiger partial charge is 0.490 e. The van der Waals surface area contributed by atoms with Gasteiger partial charge in [0.05, 0.1) is 0 Å². The lowest BCUT2D eigenvalue weighted by molar-refractivity contribution is 0.0453. The molecule has 0 aromatic heterocycles. The van der Waals surface area contributed by atoms with Crippen LogP contribution in [0.5, 0.6) is 5.75 Å². The van der Waals surface area contributed by atoms with Gasteiger partial charge in [-0.1, -0.05) is 44.9 Å². The second-order valence-electron chi connectivity index (χ2n) is 6.80. The average molecular weight is 275 g/mol. The summed E-state index contributed by atoms with van der Waals surface area (Å²) in [5, 5.41) is 0. The van der Waals surface area contributed by atoms with Crippen molar-refractivity contribution in [1.82, 2.24) is 0 Å².